The quantitative estimate of drug-likeness (QED) is 0.920. The molecule has 0 spiro atoms. The van der Waals surface area contributed by atoms with E-state index < -0.39 is 0 Å². The zero-order valence-electron chi connectivity index (χ0n) is 13.0. The number of nitrogens with one attached hydrogen (secondary N) is 1. The van der Waals surface area contributed by atoms with Gasteiger partial charge in [0.2, 0.25) is 5.91 Å². The number of carbonyl (C=O) groups is 1. The Kier molecular flexibility index (Phi) is 4.59. The van der Waals surface area contributed by atoms with Gasteiger partial charge in [-0.15, -0.1) is 0 Å². The van der Waals surface area contributed by atoms with Gasteiger partial charge in [0.05, 0.1) is 0 Å². The number of carbonyl (C=O) groups excluding carboxylic acids is 1. The summed E-state index contributed by atoms with van der Waals surface area (Å²) in [6, 6.07) is 8.77. The highest BCUT2D eigenvalue weighted by Crippen LogP contribution is 2.34. The number of rotatable bonds is 3. The first-order valence-electron chi connectivity index (χ1n) is 8.36. The lowest BCUT2D eigenvalue weighted by atomic mass is 10.0. The third-order valence-electron chi connectivity index (χ3n) is 5.07. The lowest BCUT2D eigenvalue weighted by Crippen LogP contribution is -2.32. The van der Waals surface area contributed by atoms with Gasteiger partial charge in [-0.05, 0) is 50.3 Å². The van der Waals surface area contributed by atoms with Gasteiger partial charge in [0.25, 0.3) is 0 Å². The van der Waals surface area contributed by atoms with Crippen molar-refractivity contribution < 1.29 is 4.79 Å². The molecular formula is C18H26N2O. The van der Waals surface area contributed by atoms with Crippen LogP contribution in [-0.2, 0) is 4.79 Å². The molecule has 3 heteroatoms. The summed E-state index contributed by atoms with van der Waals surface area (Å²) in [6.07, 6.45) is 7.98. The Morgan fingerprint density at radius 3 is 2.71 bits per heavy atom. The first-order chi connectivity index (χ1) is 10.3. The Morgan fingerprint density at radius 2 is 1.95 bits per heavy atom. The molecule has 1 aromatic carbocycles. The molecule has 0 aromatic heterocycles. The van der Waals surface area contributed by atoms with Gasteiger partial charge in [-0.25, -0.2) is 0 Å². The maximum atomic E-state index is 12.8. The van der Waals surface area contributed by atoms with Gasteiger partial charge in [-0.2, -0.15) is 0 Å². The van der Waals surface area contributed by atoms with E-state index in [9.17, 15) is 4.79 Å². The summed E-state index contributed by atoms with van der Waals surface area (Å²) >= 11 is 0. The van der Waals surface area contributed by atoms with E-state index in [4.69, 9.17) is 0 Å². The highest BCUT2D eigenvalue weighted by molar-refractivity contribution is 5.94. The minimum absolute atomic E-state index is 0.325. The van der Waals surface area contributed by atoms with Crippen LogP contribution in [0.5, 0.6) is 0 Å². The molecule has 1 aliphatic heterocycles. The van der Waals surface area contributed by atoms with Gasteiger partial charge >= 0.3 is 0 Å². The fraction of sp³-hybridized carbons (Fsp3) is 0.611. The molecule has 1 atom stereocenters. The Labute approximate surface area is 127 Å². The Hall–Kier alpha value is -1.35. The molecule has 0 saturated heterocycles. The molecule has 0 bridgehead atoms. The normalized spacial score (nSPS) is 22.9. The van der Waals surface area contributed by atoms with Gasteiger partial charge in [-0.1, -0.05) is 31.0 Å². The highest BCUT2D eigenvalue weighted by atomic mass is 16.2. The van der Waals surface area contributed by atoms with Crippen molar-refractivity contribution in [1.82, 2.24) is 5.32 Å². The molecule has 1 aromatic rings. The molecule has 1 amide bonds. The number of benzene rings is 1. The van der Waals surface area contributed by atoms with Crippen molar-refractivity contribution in [3.63, 3.8) is 0 Å². The van der Waals surface area contributed by atoms with Gasteiger partial charge < -0.3 is 10.2 Å². The summed E-state index contributed by atoms with van der Waals surface area (Å²) in [4.78, 5) is 14.8. The zero-order chi connectivity index (χ0) is 14.7. The molecule has 21 heavy (non-hydrogen) atoms. The number of hydrogen-bond acceptors (Lipinski definition) is 2. The number of para-hydroxylation sites is 1. The number of anilines is 1. The molecule has 1 aliphatic carbocycles. The summed E-state index contributed by atoms with van der Waals surface area (Å²) in [7, 11) is 2.01. The Bertz CT molecular complexity index is 494. The number of nitrogens with zero attached hydrogens (tertiary/aromatic N) is 1. The molecule has 0 radical (unpaired) electrons. The third kappa shape index (κ3) is 3.13. The largest absolute Gasteiger partial charge is 0.313 e. The van der Waals surface area contributed by atoms with Crippen molar-refractivity contribution in [2.75, 3.05) is 18.5 Å². The molecular weight excluding hydrogens is 260 g/mol. The minimum Gasteiger partial charge on any atom is -0.313 e. The molecule has 1 unspecified atom stereocenters. The molecule has 1 heterocycles. The van der Waals surface area contributed by atoms with Crippen LogP contribution < -0.4 is 10.2 Å². The minimum atomic E-state index is 0.325. The second kappa shape index (κ2) is 6.61. The second-order valence-corrected chi connectivity index (χ2v) is 6.44. The van der Waals surface area contributed by atoms with Gasteiger partial charge in [0.1, 0.15) is 0 Å². The molecule has 3 nitrogen and oxygen atoms in total. The molecule has 1 N–H and O–H groups in total. The van der Waals surface area contributed by atoms with E-state index in [1.807, 2.05) is 18.0 Å². The predicted octanol–water partition coefficient (Wildman–Crippen LogP) is 3.65. The Balaban J connectivity index is 1.82. The Morgan fingerprint density at radius 1 is 1.19 bits per heavy atom. The standard InChI is InChI=1S/C18H26N2O/c1-19-16-10-6-12-20(17-11-5-4-9-15(16)17)18(21)13-14-7-2-3-8-14/h4-5,9,11,14,16,19H,2-3,6-8,10,12-13H2,1H3. The number of fused-ring (bicyclic) bond motifs is 1. The fourth-order valence-electron chi connectivity index (χ4n) is 3.89. The van der Waals surface area contributed by atoms with E-state index in [0.717, 1.165) is 31.5 Å². The topological polar surface area (TPSA) is 32.3 Å². The summed E-state index contributed by atoms with van der Waals surface area (Å²) in [5.41, 5.74) is 2.40. The molecule has 1 fully saturated rings. The summed E-state index contributed by atoms with van der Waals surface area (Å²) in [6.45, 7) is 0.862. The predicted molar refractivity (Wildman–Crippen MR) is 86.4 cm³/mol. The van der Waals surface area contributed by atoms with Gasteiger partial charge in [0, 0.05) is 24.7 Å². The second-order valence-electron chi connectivity index (χ2n) is 6.44. The van der Waals surface area contributed by atoms with E-state index in [2.05, 4.69) is 23.5 Å². The van der Waals surface area contributed by atoms with E-state index in [1.54, 1.807) is 0 Å². The number of hydrogen-bond donors (Lipinski definition) is 1. The summed E-state index contributed by atoms with van der Waals surface area (Å²) < 4.78 is 0. The van der Waals surface area contributed by atoms with Crippen molar-refractivity contribution in [1.29, 1.82) is 0 Å². The first-order valence-corrected chi connectivity index (χ1v) is 8.36. The highest BCUT2D eigenvalue weighted by Gasteiger charge is 2.27. The average molecular weight is 286 g/mol. The van der Waals surface area contributed by atoms with Crippen LogP contribution in [0.3, 0.4) is 0 Å². The maximum Gasteiger partial charge on any atom is 0.227 e. The zero-order valence-corrected chi connectivity index (χ0v) is 13.0. The van der Waals surface area contributed by atoms with E-state index >= 15 is 0 Å². The monoisotopic (exact) mass is 286 g/mol. The van der Waals surface area contributed by atoms with Crippen LogP contribution in [0.2, 0.25) is 0 Å². The molecule has 3 rings (SSSR count). The van der Waals surface area contributed by atoms with Gasteiger partial charge in [0.15, 0.2) is 0 Å². The van der Waals surface area contributed by atoms with Crippen molar-refractivity contribution in [3.8, 4) is 0 Å². The van der Waals surface area contributed by atoms with Crippen LogP contribution in [0.25, 0.3) is 0 Å². The van der Waals surface area contributed by atoms with Crippen LogP contribution in [-0.4, -0.2) is 19.5 Å². The first kappa shape index (κ1) is 14.6. The molecule has 1 saturated carbocycles. The molecule has 2 aliphatic rings. The van der Waals surface area contributed by atoms with Crippen LogP contribution in [0.4, 0.5) is 5.69 Å². The van der Waals surface area contributed by atoms with Gasteiger partial charge in [-0.3, -0.25) is 4.79 Å². The average Bonchev–Trinajstić information content (AvgIpc) is 2.93. The van der Waals surface area contributed by atoms with Crippen molar-refractivity contribution in [3.05, 3.63) is 29.8 Å². The summed E-state index contributed by atoms with van der Waals surface area (Å²) in [5, 5.41) is 3.39. The van der Waals surface area contributed by atoms with Crippen LogP contribution in [0.15, 0.2) is 24.3 Å². The lowest BCUT2D eigenvalue weighted by Gasteiger charge is -2.25. The van der Waals surface area contributed by atoms with E-state index in [1.165, 1.54) is 31.2 Å². The van der Waals surface area contributed by atoms with Crippen LogP contribution in [0.1, 0.15) is 56.6 Å². The maximum absolute atomic E-state index is 12.8. The SMILES string of the molecule is CNC1CCCN(C(=O)CC2CCCC2)c2ccccc21. The van der Waals surface area contributed by atoms with E-state index in [0.29, 0.717) is 17.9 Å². The fourth-order valence-corrected chi connectivity index (χ4v) is 3.89. The number of amides is 1. The van der Waals surface area contributed by atoms with Crippen molar-refractivity contribution in [2.45, 2.75) is 51.0 Å². The van der Waals surface area contributed by atoms with Crippen molar-refractivity contribution >= 4 is 11.6 Å². The smallest absolute Gasteiger partial charge is 0.227 e. The van der Waals surface area contributed by atoms with Crippen LogP contribution >= 0.6 is 0 Å². The molecule has 114 valence electrons. The van der Waals surface area contributed by atoms with Crippen LogP contribution in [0, 0.1) is 5.92 Å². The summed E-state index contributed by atoms with van der Waals surface area (Å²) in [5.74, 6) is 0.944. The van der Waals surface area contributed by atoms with E-state index in [-0.39, 0.29) is 0 Å². The third-order valence-corrected chi connectivity index (χ3v) is 5.07. The lowest BCUT2D eigenvalue weighted by molar-refractivity contribution is -0.119. The van der Waals surface area contributed by atoms with Crippen molar-refractivity contribution in [2.24, 2.45) is 5.92 Å².